The zero-order valence-corrected chi connectivity index (χ0v) is 16.8. The van der Waals surface area contributed by atoms with Crippen molar-refractivity contribution in [3.63, 3.8) is 0 Å². The SMILES string of the molecule is CC(C)=C1C2C=CC1C(P(=O)(c1ccccc1)c1ccccc1)=C2Br. The van der Waals surface area contributed by atoms with E-state index in [1.165, 1.54) is 11.1 Å². The van der Waals surface area contributed by atoms with Gasteiger partial charge in [-0.3, -0.25) is 0 Å². The van der Waals surface area contributed by atoms with Crippen molar-refractivity contribution < 1.29 is 4.57 Å². The second kappa shape index (κ2) is 6.27. The van der Waals surface area contributed by atoms with Crippen molar-refractivity contribution in [1.82, 2.24) is 0 Å². The van der Waals surface area contributed by atoms with Gasteiger partial charge in [-0.1, -0.05) is 94.3 Å². The first-order chi connectivity index (χ1) is 12.0. The Hall–Kier alpha value is -1.63. The summed E-state index contributed by atoms with van der Waals surface area (Å²) in [7, 11) is -2.90. The molecule has 2 aliphatic carbocycles. The predicted octanol–water partition coefficient (Wildman–Crippen LogP) is 5.76. The third kappa shape index (κ3) is 2.46. The van der Waals surface area contributed by atoms with Crippen molar-refractivity contribution in [3.8, 4) is 0 Å². The van der Waals surface area contributed by atoms with Crippen LogP contribution in [0.15, 0.2) is 93.8 Å². The second-order valence-electron chi connectivity index (χ2n) is 6.81. The van der Waals surface area contributed by atoms with Crippen LogP contribution in [0, 0.1) is 11.8 Å². The van der Waals surface area contributed by atoms with Crippen LogP contribution in [0.2, 0.25) is 0 Å². The van der Waals surface area contributed by atoms with E-state index in [9.17, 15) is 4.57 Å². The van der Waals surface area contributed by atoms with Gasteiger partial charge in [0.25, 0.3) is 0 Å². The van der Waals surface area contributed by atoms with Crippen LogP contribution in [-0.4, -0.2) is 0 Å². The lowest BCUT2D eigenvalue weighted by Crippen LogP contribution is -2.20. The Morgan fingerprint density at radius 1 is 0.840 bits per heavy atom. The average Bonchev–Trinajstić information content (AvgIpc) is 3.19. The highest BCUT2D eigenvalue weighted by atomic mass is 79.9. The fraction of sp³-hybridized carbons (Fsp3) is 0.182. The fourth-order valence-corrected chi connectivity index (χ4v) is 8.55. The molecule has 0 amide bonds. The van der Waals surface area contributed by atoms with E-state index in [1.54, 1.807) is 0 Å². The molecular weight excluding hydrogens is 391 g/mol. The van der Waals surface area contributed by atoms with Gasteiger partial charge < -0.3 is 4.57 Å². The minimum Gasteiger partial charge on any atom is -0.309 e. The van der Waals surface area contributed by atoms with E-state index in [2.05, 4.69) is 41.9 Å². The predicted molar refractivity (Wildman–Crippen MR) is 110 cm³/mol. The molecule has 0 fully saturated rings. The number of hydrogen-bond acceptors (Lipinski definition) is 1. The van der Waals surface area contributed by atoms with Gasteiger partial charge >= 0.3 is 0 Å². The number of hydrogen-bond donors (Lipinski definition) is 0. The number of halogens is 1. The van der Waals surface area contributed by atoms with E-state index < -0.39 is 7.14 Å². The number of allylic oxidation sites excluding steroid dienone is 6. The van der Waals surface area contributed by atoms with E-state index in [-0.39, 0.29) is 11.8 Å². The highest BCUT2D eigenvalue weighted by Gasteiger charge is 2.48. The topological polar surface area (TPSA) is 17.1 Å². The van der Waals surface area contributed by atoms with E-state index in [4.69, 9.17) is 0 Å². The van der Waals surface area contributed by atoms with Crippen LogP contribution in [0.5, 0.6) is 0 Å². The molecule has 0 heterocycles. The highest BCUT2D eigenvalue weighted by Crippen LogP contribution is 2.66. The van der Waals surface area contributed by atoms with Crippen molar-refractivity contribution in [2.24, 2.45) is 11.8 Å². The van der Waals surface area contributed by atoms with Crippen molar-refractivity contribution in [2.75, 3.05) is 0 Å². The van der Waals surface area contributed by atoms with E-state index >= 15 is 0 Å². The Morgan fingerprint density at radius 2 is 1.32 bits per heavy atom. The van der Waals surface area contributed by atoms with E-state index in [0.717, 1.165) is 20.4 Å². The average molecular weight is 411 g/mol. The Labute approximate surface area is 157 Å². The molecule has 2 bridgehead atoms. The molecule has 2 aromatic rings. The molecule has 0 saturated carbocycles. The van der Waals surface area contributed by atoms with Crippen molar-refractivity contribution in [3.05, 3.63) is 93.8 Å². The summed E-state index contributed by atoms with van der Waals surface area (Å²) in [5.41, 5.74) is 2.70. The zero-order chi connectivity index (χ0) is 17.6. The molecule has 0 N–H and O–H groups in total. The zero-order valence-electron chi connectivity index (χ0n) is 14.3. The van der Waals surface area contributed by atoms with Crippen LogP contribution in [0.1, 0.15) is 13.8 Å². The second-order valence-corrected chi connectivity index (χ2v) is 10.4. The Kier molecular flexibility index (Phi) is 4.22. The highest BCUT2D eigenvalue weighted by molar-refractivity contribution is 9.11. The summed E-state index contributed by atoms with van der Waals surface area (Å²) < 4.78 is 15.7. The van der Waals surface area contributed by atoms with Gasteiger partial charge in [-0.25, -0.2) is 0 Å². The minimum atomic E-state index is -2.90. The Bertz CT molecular complexity index is 907. The molecule has 0 aromatic heterocycles. The number of rotatable bonds is 3. The standard InChI is InChI=1S/C22H20BrOP/c1-15(2)20-18-13-14-19(20)22(21(18)23)25(24,16-9-5-3-6-10-16)17-11-7-4-8-12-17/h3-14,18-19H,1-2H3. The van der Waals surface area contributed by atoms with Crippen LogP contribution >= 0.6 is 23.1 Å². The monoisotopic (exact) mass is 410 g/mol. The Balaban J connectivity index is 1.99. The molecule has 0 spiro atoms. The van der Waals surface area contributed by atoms with Gasteiger partial charge in [0.1, 0.15) is 0 Å². The third-order valence-electron chi connectivity index (χ3n) is 5.13. The summed E-state index contributed by atoms with van der Waals surface area (Å²) in [4.78, 5) is 0. The fourth-order valence-electron chi connectivity index (χ4n) is 4.06. The molecule has 0 radical (unpaired) electrons. The van der Waals surface area contributed by atoms with Crippen LogP contribution in [0.25, 0.3) is 0 Å². The lowest BCUT2D eigenvalue weighted by atomic mass is 9.98. The van der Waals surface area contributed by atoms with Gasteiger partial charge in [0.2, 0.25) is 0 Å². The summed E-state index contributed by atoms with van der Waals surface area (Å²) in [6, 6.07) is 19.9. The molecule has 2 aliphatic rings. The lowest BCUT2D eigenvalue weighted by molar-refractivity contribution is 0.589. The van der Waals surface area contributed by atoms with E-state index in [0.29, 0.717) is 0 Å². The van der Waals surface area contributed by atoms with Crippen LogP contribution in [0.4, 0.5) is 0 Å². The molecule has 25 heavy (non-hydrogen) atoms. The van der Waals surface area contributed by atoms with Crippen LogP contribution < -0.4 is 10.6 Å². The molecule has 0 saturated heterocycles. The molecule has 3 heteroatoms. The van der Waals surface area contributed by atoms with Gasteiger partial charge in [0.05, 0.1) is 0 Å². The summed E-state index contributed by atoms with van der Waals surface area (Å²) in [5, 5.41) is 2.86. The van der Waals surface area contributed by atoms with Crippen molar-refractivity contribution >= 4 is 33.7 Å². The number of benzene rings is 2. The number of fused-ring (bicyclic) bond motifs is 2. The van der Waals surface area contributed by atoms with Gasteiger partial charge in [-0.15, -0.1) is 0 Å². The molecule has 2 atom stereocenters. The molecule has 2 unspecified atom stereocenters. The Morgan fingerprint density at radius 3 is 1.76 bits per heavy atom. The summed E-state index contributed by atoms with van der Waals surface area (Å²) in [6.07, 6.45) is 4.46. The normalized spacial score (nSPS) is 22.0. The first-order valence-electron chi connectivity index (χ1n) is 8.52. The first kappa shape index (κ1) is 16.8. The largest absolute Gasteiger partial charge is 0.309 e. The minimum absolute atomic E-state index is 0.135. The summed E-state index contributed by atoms with van der Waals surface area (Å²) in [6.45, 7) is 4.31. The smallest absolute Gasteiger partial charge is 0.168 e. The van der Waals surface area contributed by atoms with Crippen LogP contribution in [0.3, 0.4) is 0 Å². The maximum atomic E-state index is 14.6. The maximum absolute atomic E-state index is 14.6. The van der Waals surface area contributed by atoms with E-state index in [1.807, 2.05) is 60.7 Å². The molecular formula is C22H20BrOP. The first-order valence-corrected chi connectivity index (χ1v) is 11.0. The molecule has 4 rings (SSSR count). The van der Waals surface area contributed by atoms with Crippen molar-refractivity contribution in [1.29, 1.82) is 0 Å². The van der Waals surface area contributed by atoms with Crippen LogP contribution in [-0.2, 0) is 4.57 Å². The lowest BCUT2D eigenvalue weighted by Gasteiger charge is -2.25. The summed E-state index contributed by atoms with van der Waals surface area (Å²) >= 11 is 3.82. The molecule has 2 aromatic carbocycles. The van der Waals surface area contributed by atoms with Gasteiger partial charge in [0.15, 0.2) is 7.14 Å². The van der Waals surface area contributed by atoms with Gasteiger partial charge in [-0.2, -0.15) is 0 Å². The van der Waals surface area contributed by atoms with Gasteiger partial charge in [-0.05, 0) is 19.4 Å². The summed E-state index contributed by atoms with van der Waals surface area (Å²) in [5.74, 6) is 0.376. The van der Waals surface area contributed by atoms with Crippen molar-refractivity contribution in [2.45, 2.75) is 13.8 Å². The van der Waals surface area contributed by atoms with Gasteiger partial charge in [0, 0.05) is 32.2 Å². The molecule has 126 valence electrons. The third-order valence-corrected chi connectivity index (χ3v) is 9.61. The maximum Gasteiger partial charge on any atom is 0.168 e. The molecule has 0 aliphatic heterocycles. The quantitative estimate of drug-likeness (QED) is 0.464. The molecule has 1 nitrogen and oxygen atoms in total.